The van der Waals surface area contributed by atoms with Crippen LogP contribution in [-0.2, 0) is 14.3 Å². The quantitative estimate of drug-likeness (QED) is 0.591. The molecule has 7 heteroatoms. The summed E-state index contributed by atoms with van der Waals surface area (Å²) in [5.41, 5.74) is 1.14. The van der Waals surface area contributed by atoms with Gasteiger partial charge in [-0.3, -0.25) is 14.5 Å². The number of benzene rings is 2. The molecule has 0 spiro atoms. The van der Waals surface area contributed by atoms with Gasteiger partial charge in [-0.15, -0.1) is 0 Å². The lowest BCUT2D eigenvalue weighted by atomic mass is 10.1. The second-order valence-electron chi connectivity index (χ2n) is 6.09. The number of nitrogens with zero attached hydrogens (tertiary/aromatic N) is 1. The average Bonchev–Trinajstić information content (AvgIpc) is 3.16. The Morgan fingerprint density at radius 3 is 2.65 bits per heavy atom. The van der Waals surface area contributed by atoms with E-state index in [1.807, 2.05) is 24.3 Å². The molecule has 0 saturated carbocycles. The highest BCUT2D eigenvalue weighted by Gasteiger charge is 2.58. The van der Waals surface area contributed by atoms with Crippen molar-refractivity contribution in [3.05, 3.63) is 59.1 Å². The first-order valence-electron chi connectivity index (χ1n) is 8.08. The fourth-order valence-electron chi connectivity index (χ4n) is 3.24. The van der Waals surface area contributed by atoms with E-state index in [1.54, 1.807) is 24.3 Å². The normalized spacial score (nSPS) is 20.7. The van der Waals surface area contributed by atoms with Gasteiger partial charge >= 0.3 is 5.97 Å². The number of hydrogen-bond acceptors (Lipinski definition) is 5. The van der Waals surface area contributed by atoms with E-state index >= 15 is 0 Å². The summed E-state index contributed by atoms with van der Waals surface area (Å²) in [6.45, 7) is -0.374. The van der Waals surface area contributed by atoms with Gasteiger partial charge in [0.05, 0.1) is 5.69 Å². The van der Waals surface area contributed by atoms with Crippen molar-refractivity contribution in [1.29, 1.82) is 0 Å². The van der Waals surface area contributed by atoms with Crippen LogP contribution in [0.5, 0.6) is 0 Å². The molecule has 26 heavy (non-hydrogen) atoms. The molecule has 4 rings (SSSR count). The van der Waals surface area contributed by atoms with E-state index in [0.29, 0.717) is 17.0 Å². The minimum atomic E-state index is -1.11. The summed E-state index contributed by atoms with van der Waals surface area (Å²) >= 11 is 7.13. The number of Topliss-reactive ketones (excluding diaryl/α,β-unsaturated/α-hetero) is 1. The Morgan fingerprint density at radius 2 is 1.88 bits per heavy atom. The summed E-state index contributed by atoms with van der Waals surface area (Å²) in [5, 5.41) is 0.526. The topological polar surface area (TPSA) is 63.7 Å². The maximum Gasteiger partial charge on any atom is 0.343 e. The lowest BCUT2D eigenvalue weighted by Crippen LogP contribution is -2.48. The monoisotopic (exact) mass is 387 g/mol. The number of halogens is 1. The van der Waals surface area contributed by atoms with Crippen LogP contribution < -0.4 is 4.90 Å². The molecular formula is C19H14ClNO4S. The van der Waals surface area contributed by atoms with Crippen LogP contribution in [0.3, 0.4) is 0 Å². The van der Waals surface area contributed by atoms with E-state index in [1.165, 1.54) is 16.7 Å². The van der Waals surface area contributed by atoms with Crippen LogP contribution in [-0.4, -0.2) is 29.1 Å². The van der Waals surface area contributed by atoms with Crippen molar-refractivity contribution in [2.45, 2.75) is 22.6 Å². The summed E-state index contributed by atoms with van der Waals surface area (Å²) in [5.74, 6) is -0.988. The molecule has 0 aliphatic carbocycles. The van der Waals surface area contributed by atoms with Gasteiger partial charge in [0.15, 0.2) is 17.3 Å². The Hall–Kier alpha value is -2.31. The molecule has 1 saturated heterocycles. The maximum absolute atomic E-state index is 12.8. The Morgan fingerprint density at radius 1 is 1.15 bits per heavy atom. The first-order valence-corrected chi connectivity index (χ1v) is 9.28. The van der Waals surface area contributed by atoms with Crippen LogP contribution in [0.2, 0.25) is 5.02 Å². The minimum absolute atomic E-state index is 0.108. The van der Waals surface area contributed by atoms with Gasteiger partial charge in [-0.25, -0.2) is 4.79 Å². The van der Waals surface area contributed by atoms with Gasteiger partial charge in [-0.2, -0.15) is 0 Å². The highest BCUT2D eigenvalue weighted by molar-refractivity contribution is 8.02. The molecule has 2 aliphatic heterocycles. The summed E-state index contributed by atoms with van der Waals surface area (Å²) in [6, 6.07) is 13.8. The fourth-order valence-corrected chi connectivity index (χ4v) is 4.77. The second kappa shape index (κ2) is 6.45. The fraction of sp³-hybridized carbons (Fsp3) is 0.211. The van der Waals surface area contributed by atoms with Crippen LogP contribution in [0.25, 0.3) is 0 Å². The van der Waals surface area contributed by atoms with Crippen LogP contribution in [0.1, 0.15) is 23.2 Å². The third kappa shape index (κ3) is 2.70. The molecule has 0 bridgehead atoms. The summed E-state index contributed by atoms with van der Waals surface area (Å²) in [7, 11) is 0. The molecule has 2 aromatic carbocycles. The number of ether oxygens (including phenoxy) is 1. The molecule has 1 fully saturated rings. The second-order valence-corrected chi connectivity index (χ2v) is 7.85. The third-order valence-corrected chi connectivity index (χ3v) is 6.20. The van der Waals surface area contributed by atoms with Gasteiger partial charge in [0.2, 0.25) is 5.91 Å². The molecule has 132 valence electrons. The highest BCUT2D eigenvalue weighted by Crippen LogP contribution is 2.56. The largest absolute Gasteiger partial charge is 0.455 e. The molecule has 2 aliphatic rings. The van der Waals surface area contributed by atoms with E-state index in [4.69, 9.17) is 16.3 Å². The molecule has 2 heterocycles. The first-order chi connectivity index (χ1) is 12.5. The molecule has 0 radical (unpaired) electrons. The number of fused-ring (bicyclic) bond motifs is 3. The number of carbonyl (C=O) groups excluding carboxylic acids is 3. The zero-order chi connectivity index (χ0) is 18.3. The highest BCUT2D eigenvalue weighted by atomic mass is 35.5. The SMILES string of the molecule is O=C(COC(=O)[C@@]12CCC(=O)N1c1ccccc1S2)c1ccc(Cl)cc1. The van der Waals surface area contributed by atoms with E-state index in [9.17, 15) is 14.4 Å². The van der Waals surface area contributed by atoms with Gasteiger partial charge in [0.1, 0.15) is 0 Å². The van der Waals surface area contributed by atoms with Crippen LogP contribution in [0.15, 0.2) is 53.4 Å². The Bertz CT molecular complexity index is 914. The van der Waals surface area contributed by atoms with Crippen LogP contribution in [0, 0.1) is 0 Å². The number of carbonyl (C=O) groups is 3. The van der Waals surface area contributed by atoms with Gasteiger partial charge < -0.3 is 4.74 Å². The number of thioether (sulfide) groups is 1. The number of esters is 1. The average molecular weight is 388 g/mol. The van der Waals surface area contributed by atoms with Gasteiger partial charge in [0, 0.05) is 28.3 Å². The number of ketones is 1. The predicted octanol–water partition coefficient (Wildman–Crippen LogP) is 3.69. The van der Waals surface area contributed by atoms with Gasteiger partial charge in [0.25, 0.3) is 0 Å². The van der Waals surface area contributed by atoms with Crippen LogP contribution in [0.4, 0.5) is 5.69 Å². The summed E-state index contributed by atoms with van der Waals surface area (Å²) in [6.07, 6.45) is 0.640. The van der Waals surface area contributed by atoms with Crippen molar-refractivity contribution in [2.75, 3.05) is 11.5 Å². The van der Waals surface area contributed by atoms with E-state index in [2.05, 4.69) is 0 Å². The van der Waals surface area contributed by atoms with E-state index in [0.717, 1.165) is 10.6 Å². The van der Waals surface area contributed by atoms with Crippen molar-refractivity contribution in [3.8, 4) is 0 Å². The summed E-state index contributed by atoms with van der Waals surface area (Å²) in [4.78, 5) is 38.7. The Balaban J connectivity index is 1.52. The molecule has 0 aromatic heterocycles. The Labute approximate surface area is 159 Å². The zero-order valence-corrected chi connectivity index (χ0v) is 15.2. The Kier molecular flexibility index (Phi) is 4.25. The predicted molar refractivity (Wildman–Crippen MR) is 98.5 cm³/mol. The molecule has 2 aromatic rings. The van der Waals surface area contributed by atoms with E-state index in [-0.39, 0.29) is 24.7 Å². The molecule has 1 atom stereocenters. The standard InChI is InChI=1S/C19H14ClNO4S/c20-13-7-5-12(6-8-13)15(22)11-25-18(24)19-10-9-17(23)21(19)14-3-1-2-4-16(14)26-19/h1-8H,9-11H2/t19-/m0/s1. The first kappa shape index (κ1) is 17.1. The molecule has 0 N–H and O–H groups in total. The van der Waals surface area contributed by atoms with E-state index < -0.39 is 10.8 Å². The number of anilines is 1. The summed E-state index contributed by atoms with van der Waals surface area (Å²) < 4.78 is 5.32. The minimum Gasteiger partial charge on any atom is -0.455 e. The molecule has 1 amide bonds. The number of amides is 1. The zero-order valence-electron chi connectivity index (χ0n) is 13.6. The number of hydrogen-bond donors (Lipinski definition) is 0. The maximum atomic E-state index is 12.8. The van der Waals surface area contributed by atoms with Crippen LogP contribution >= 0.6 is 23.4 Å². The molecular weight excluding hydrogens is 374 g/mol. The smallest absolute Gasteiger partial charge is 0.343 e. The van der Waals surface area contributed by atoms with Crippen molar-refractivity contribution in [3.63, 3.8) is 0 Å². The number of para-hydroxylation sites is 1. The lowest BCUT2D eigenvalue weighted by Gasteiger charge is -2.28. The molecule has 0 unspecified atom stereocenters. The number of rotatable bonds is 4. The van der Waals surface area contributed by atoms with Gasteiger partial charge in [-0.05, 0) is 36.4 Å². The van der Waals surface area contributed by atoms with Crippen molar-refractivity contribution < 1.29 is 19.1 Å². The van der Waals surface area contributed by atoms with Crippen molar-refractivity contribution in [2.24, 2.45) is 0 Å². The van der Waals surface area contributed by atoms with Crippen molar-refractivity contribution >= 4 is 46.7 Å². The lowest BCUT2D eigenvalue weighted by molar-refractivity contribution is -0.145. The van der Waals surface area contributed by atoms with Crippen molar-refractivity contribution in [1.82, 2.24) is 0 Å². The molecule has 5 nitrogen and oxygen atoms in total. The van der Waals surface area contributed by atoms with Gasteiger partial charge in [-0.1, -0.05) is 35.5 Å². The third-order valence-electron chi connectivity index (χ3n) is 4.49.